The lowest BCUT2D eigenvalue weighted by Gasteiger charge is -2.25. The van der Waals surface area contributed by atoms with Crippen molar-refractivity contribution in [2.45, 2.75) is 25.5 Å². The minimum Gasteiger partial charge on any atom is -0.383 e. The first-order valence-electron chi connectivity index (χ1n) is 7.08. The van der Waals surface area contributed by atoms with E-state index in [2.05, 4.69) is 20.0 Å². The fraction of sp³-hybridized carbons (Fsp3) is 0.643. The first-order chi connectivity index (χ1) is 10.1. The molecule has 2 aromatic heterocycles. The zero-order valence-corrected chi connectivity index (χ0v) is 12.9. The van der Waals surface area contributed by atoms with Crippen LogP contribution < -0.4 is 4.90 Å². The second kappa shape index (κ2) is 5.57. The Labute approximate surface area is 123 Å². The fourth-order valence-corrected chi connectivity index (χ4v) is 2.99. The highest BCUT2D eigenvalue weighted by Gasteiger charge is 2.34. The summed E-state index contributed by atoms with van der Waals surface area (Å²) < 4.78 is 12.7. The van der Waals surface area contributed by atoms with Crippen molar-refractivity contribution in [1.82, 2.24) is 19.7 Å². The maximum absolute atomic E-state index is 5.53. The number of anilines is 1. The topological polar surface area (TPSA) is 65.3 Å². The number of hydrogen-bond acceptors (Lipinski definition) is 6. The molecule has 1 fully saturated rings. The van der Waals surface area contributed by atoms with Crippen LogP contribution in [0.15, 0.2) is 6.20 Å². The maximum Gasteiger partial charge on any atom is 0.163 e. The van der Waals surface area contributed by atoms with E-state index in [-0.39, 0.29) is 12.1 Å². The second-order valence-electron chi connectivity index (χ2n) is 5.45. The largest absolute Gasteiger partial charge is 0.383 e. The molecule has 0 aromatic carbocycles. The molecule has 1 aliphatic heterocycles. The molecule has 7 heteroatoms. The molecule has 7 nitrogen and oxygen atoms in total. The van der Waals surface area contributed by atoms with E-state index in [1.165, 1.54) is 0 Å². The molecule has 0 unspecified atom stereocenters. The Hall–Kier alpha value is -1.73. The van der Waals surface area contributed by atoms with E-state index >= 15 is 0 Å². The Morgan fingerprint density at radius 1 is 1.33 bits per heavy atom. The van der Waals surface area contributed by atoms with Crippen LogP contribution in [0.5, 0.6) is 0 Å². The maximum atomic E-state index is 5.53. The molecule has 3 heterocycles. The van der Waals surface area contributed by atoms with Crippen molar-refractivity contribution in [1.29, 1.82) is 0 Å². The van der Waals surface area contributed by atoms with Crippen molar-refractivity contribution in [2.24, 2.45) is 7.05 Å². The lowest BCUT2D eigenvalue weighted by molar-refractivity contribution is 0.111. The van der Waals surface area contributed by atoms with Gasteiger partial charge in [0.2, 0.25) is 0 Å². The van der Waals surface area contributed by atoms with E-state index in [0.29, 0.717) is 6.61 Å². The number of nitrogens with zero attached hydrogens (tertiary/aromatic N) is 5. The average Bonchev–Trinajstić information content (AvgIpc) is 3.03. The summed E-state index contributed by atoms with van der Waals surface area (Å²) in [5.41, 5.74) is 0.856. The normalized spacial score (nSPS) is 22.4. The van der Waals surface area contributed by atoms with Crippen LogP contribution in [0, 0.1) is 6.92 Å². The fourth-order valence-electron chi connectivity index (χ4n) is 2.99. The highest BCUT2D eigenvalue weighted by Crippen LogP contribution is 2.31. The van der Waals surface area contributed by atoms with Crippen molar-refractivity contribution in [3.05, 3.63) is 12.0 Å². The molecular weight excluding hydrogens is 270 g/mol. The molecule has 3 rings (SSSR count). The monoisotopic (exact) mass is 291 g/mol. The highest BCUT2D eigenvalue weighted by atomic mass is 16.5. The predicted octanol–water partition coefficient (Wildman–Crippen LogP) is 0.912. The van der Waals surface area contributed by atoms with Gasteiger partial charge < -0.3 is 14.4 Å². The van der Waals surface area contributed by atoms with Gasteiger partial charge in [-0.15, -0.1) is 0 Å². The Morgan fingerprint density at radius 2 is 2.14 bits per heavy atom. The molecule has 0 bridgehead atoms. The quantitative estimate of drug-likeness (QED) is 0.834. The summed E-state index contributed by atoms with van der Waals surface area (Å²) in [5, 5.41) is 5.28. The first-order valence-corrected chi connectivity index (χ1v) is 7.08. The van der Waals surface area contributed by atoms with Gasteiger partial charge in [-0.25, -0.2) is 9.97 Å². The third-order valence-electron chi connectivity index (χ3n) is 4.02. The van der Waals surface area contributed by atoms with E-state index in [1.54, 1.807) is 18.9 Å². The number of hydrogen-bond donors (Lipinski definition) is 0. The molecule has 0 N–H and O–H groups in total. The third kappa shape index (κ3) is 2.47. The van der Waals surface area contributed by atoms with Gasteiger partial charge in [0.25, 0.3) is 0 Å². The van der Waals surface area contributed by atoms with Crippen LogP contribution in [0.25, 0.3) is 11.0 Å². The standard InChI is InChI=1S/C14H21N5O2/c1-9-16-13-12(6-15-18(13)2)14(17-9)19-7-11(21-4)5-10(19)8-20-3/h6,10-11H,5,7-8H2,1-4H3/t10-,11-/m0/s1. The van der Waals surface area contributed by atoms with E-state index < -0.39 is 0 Å². The SMILES string of the molecule is COC[C@@H]1C[C@H](OC)CN1c1nc(C)nc2c1cnn2C. The minimum atomic E-state index is 0.201. The summed E-state index contributed by atoms with van der Waals surface area (Å²) in [6.45, 7) is 3.38. The van der Waals surface area contributed by atoms with Gasteiger partial charge in [-0.3, -0.25) is 4.68 Å². The molecule has 21 heavy (non-hydrogen) atoms. The Bertz CT molecular complexity index is 642. The second-order valence-corrected chi connectivity index (χ2v) is 5.45. The Kier molecular flexibility index (Phi) is 3.77. The minimum absolute atomic E-state index is 0.201. The molecule has 0 saturated carbocycles. The van der Waals surface area contributed by atoms with Crippen molar-refractivity contribution in [3.63, 3.8) is 0 Å². The van der Waals surface area contributed by atoms with Gasteiger partial charge in [-0.05, 0) is 13.3 Å². The lowest BCUT2D eigenvalue weighted by atomic mass is 10.2. The van der Waals surface area contributed by atoms with Gasteiger partial charge in [0.05, 0.1) is 30.3 Å². The van der Waals surface area contributed by atoms with Gasteiger partial charge in [0, 0.05) is 27.8 Å². The van der Waals surface area contributed by atoms with E-state index in [0.717, 1.165) is 35.6 Å². The summed E-state index contributed by atoms with van der Waals surface area (Å²) in [6.07, 6.45) is 2.97. The predicted molar refractivity (Wildman–Crippen MR) is 79.5 cm³/mol. The molecule has 1 saturated heterocycles. The van der Waals surface area contributed by atoms with Gasteiger partial charge in [-0.1, -0.05) is 0 Å². The average molecular weight is 291 g/mol. The zero-order valence-electron chi connectivity index (χ0n) is 12.9. The van der Waals surface area contributed by atoms with Crippen LogP contribution in [0.1, 0.15) is 12.2 Å². The van der Waals surface area contributed by atoms with Crippen LogP contribution in [0.4, 0.5) is 5.82 Å². The van der Waals surface area contributed by atoms with Gasteiger partial charge in [-0.2, -0.15) is 5.10 Å². The number of ether oxygens (including phenoxy) is 2. The third-order valence-corrected chi connectivity index (χ3v) is 4.02. The van der Waals surface area contributed by atoms with Crippen LogP contribution >= 0.6 is 0 Å². The summed E-state index contributed by atoms with van der Waals surface area (Å²) in [5.74, 6) is 1.67. The molecule has 0 spiro atoms. The summed E-state index contributed by atoms with van der Waals surface area (Å²) in [7, 11) is 5.37. The molecule has 2 atom stereocenters. The molecule has 0 radical (unpaired) electrons. The summed E-state index contributed by atoms with van der Waals surface area (Å²) in [6, 6.07) is 0.262. The van der Waals surface area contributed by atoms with Crippen molar-refractivity contribution in [2.75, 3.05) is 32.3 Å². The Balaban J connectivity index is 2.05. The van der Waals surface area contributed by atoms with Crippen LogP contribution in [-0.4, -0.2) is 59.3 Å². The number of fused-ring (bicyclic) bond motifs is 1. The number of methoxy groups -OCH3 is 2. The Morgan fingerprint density at radius 3 is 2.86 bits per heavy atom. The number of aromatic nitrogens is 4. The van der Waals surface area contributed by atoms with E-state index in [4.69, 9.17) is 9.47 Å². The van der Waals surface area contributed by atoms with Crippen molar-refractivity contribution >= 4 is 16.9 Å². The summed E-state index contributed by atoms with van der Waals surface area (Å²) >= 11 is 0. The molecular formula is C14H21N5O2. The number of rotatable bonds is 4. The number of aryl methyl sites for hydroxylation is 2. The summed E-state index contributed by atoms with van der Waals surface area (Å²) in [4.78, 5) is 11.4. The van der Waals surface area contributed by atoms with Crippen molar-refractivity contribution in [3.8, 4) is 0 Å². The molecule has 1 aliphatic rings. The van der Waals surface area contributed by atoms with Gasteiger partial charge in [0.1, 0.15) is 11.6 Å². The molecule has 114 valence electrons. The van der Waals surface area contributed by atoms with Crippen molar-refractivity contribution < 1.29 is 9.47 Å². The van der Waals surface area contributed by atoms with Crippen LogP contribution in [-0.2, 0) is 16.5 Å². The lowest BCUT2D eigenvalue weighted by Crippen LogP contribution is -2.34. The first kappa shape index (κ1) is 14.2. The zero-order chi connectivity index (χ0) is 15.0. The van der Waals surface area contributed by atoms with Crippen LogP contribution in [0.2, 0.25) is 0 Å². The van der Waals surface area contributed by atoms with Gasteiger partial charge in [0.15, 0.2) is 5.65 Å². The van der Waals surface area contributed by atoms with Gasteiger partial charge >= 0.3 is 0 Å². The van der Waals surface area contributed by atoms with E-state index in [9.17, 15) is 0 Å². The molecule has 0 aliphatic carbocycles. The highest BCUT2D eigenvalue weighted by molar-refractivity contribution is 5.87. The molecule has 0 amide bonds. The smallest absolute Gasteiger partial charge is 0.163 e. The van der Waals surface area contributed by atoms with E-state index in [1.807, 2.05) is 20.2 Å². The van der Waals surface area contributed by atoms with Crippen LogP contribution in [0.3, 0.4) is 0 Å². The molecule has 2 aromatic rings.